The molecule has 0 radical (unpaired) electrons. The van der Waals surface area contributed by atoms with Crippen LogP contribution in [0.25, 0.3) is 4.85 Å². The molecule has 0 aliphatic rings. The molecule has 2 rings (SSSR count). The van der Waals surface area contributed by atoms with Crippen molar-refractivity contribution in [3.05, 3.63) is 71.1 Å². The van der Waals surface area contributed by atoms with Crippen molar-refractivity contribution in [1.82, 2.24) is 0 Å². The van der Waals surface area contributed by atoms with Crippen LogP contribution in [-0.2, 0) is 12.6 Å². The van der Waals surface area contributed by atoms with Gasteiger partial charge < -0.3 is 4.90 Å². The first-order valence-corrected chi connectivity index (χ1v) is 8.04. The van der Waals surface area contributed by atoms with Crippen molar-refractivity contribution in [2.24, 2.45) is 0 Å². The Kier molecular flexibility index (Phi) is 6.37. The van der Waals surface area contributed by atoms with Crippen molar-refractivity contribution in [3.8, 4) is 0 Å². The van der Waals surface area contributed by atoms with Gasteiger partial charge in [0.25, 0.3) is 0 Å². The summed E-state index contributed by atoms with van der Waals surface area (Å²) in [4.78, 5) is 3.67. The van der Waals surface area contributed by atoms with Crippen molar-refractivity contribution in [2.45, 2.75) is 25.2 Å². The molecule has 0 saturated heterocycles. The van der Waals surface area contributed by atoms with E-state index in [1.807, 2.05) is 30.3 Å². The highest BCUT2D eigenvalue weighted by atomic mass is 19.4. The van der Waals surface area contributed by atoms with Crippen LogP contribution in [0.2, 0.25) is 0 Å². The average Bonchev–Trinajstić information content (AvgIpc) is 2.59. The van der Waals surface area contributed by atoms with E-state index in [-0.39, 0.29) is 12.2 Å². The molecule has 0 fully saturated rings. The molecular weight excluding hydrogens is 370 g/mol. The number of nitrogens with zero attached hydrogens (tertiary/aromatic N) is 2. The van der Waals surface area contributed by atoms with Gasteiger partial charge in [-0.2, -0.15) is 26.3 Å². The Balaban J connectivity index is 2.24. The first-order valence-electron chi connectivity index (χ1n) is 8.04. The van der Waals surface area contributed by atoms with Crippen molar-refractivity contribution < 1.29 is 26.3 Å². The third kappa shape index (κ3) is 6.20. The number of halogens is 6. The monoisotopic (exact) mass is 386 g/mol. The molecule has 0 saturated carbocycles. The molecule has 0 unspecified atom stereocenters. The third-order valence-electron chi connectivity index (χ3n) is 3.88. The Hall–Kier alpha value is -2.69. The fourth-order valence-corrected chi connectivity index (χ4v) is 2.68. The molecule has 27 heavy (non-hydrogen) atoms. The summed E-state index contributed by atoms with van der Waals surface area (Å²) in [7, 11) is 0. The minimum absolute atomic E-state index is 0.0664. The van der Waals surface area contributed by atoms with Gasteiger partial charge in [-0.25, -0.2) is 4.85 Å². The topological polar surface area (TPSA) is 7.60 Å². The Morgan fingerprint density at radius 3 is 2.15 bits per heavy atom. The van der Waals surface area contributed by atoms with E-state index in [9.17, 15) is 26.3 Å². The van der Waals surface area contributed by atoms with E-state index in [4.69, 9.17) is 6.57 Å². The van der Waals surface area contributed by atoms with Crippen LogP contribution in [0.1, 0.15) is 17.5 Å². The van der Waals surface area contributed by atoms with E-state index in [1.54, 1.807) is 0 Å². The smallest absolute Gasteiger partial charge is 0.363 e. The van der Waals surface area contributed by atoms with Crippen LogP contribution in [0, 0.1) is 6.57 Å². The Morgan fingerprint density at radius 2 is 1.59 bits per heavy atom. The standard InChI is InChI=1S/C19H16F6N2/c1-26-17-10-9-15(12-16(17)19(23,24)25)27(13-18(20,21)22)11-5-8-14-6-3-2-4-7-14/h2-4,6-7,9-10,12H,5,8,11,13H2. The van der Waals surface area contributed by atoms with Gasteiger partial charge in [-0.3, -0.25) is 0 Å². The largest absolute Gasteiger partial charge is 0.407 e. The van der Waals surface area contributed by atoms with Gasteiger partial charge in [0.05, 0.1) is 12.1 Å². The molecule has 0 spiro atoms. The molecule has 0 heterocycles. The minimum Gasteiger partial charge on any atom is -0.363 e. The summed E-state index contributed by atoms with van der Waals surface area (Å²) in [6.07, 6.45) is -8.54. The maximum atomic E-state index is 13.1. The van der Waals surface area contributed by atoms with Crippen LogP contribution < -0.4 is 4.90 Å². The van der Waals surface area contributed by atoms with E-state index in [1.165, 1.54) is 0 Å². The summed E-state index contributed by atoms with van der Waals surface area (Å²) < 4.78 is 78.0. The second-order valence-electron chi connectivity index (χ2n) is 5.94. The molecule has 2 aromatic rings. The third-order valence-corrected chi connectivity index (χ3v) is 3.88. The van der Waals surface area contributed by atoms with Crippen molar-refractivity contribution in [3.63, 3.8) is 0 Å². The lowest BCUT2D eigenvalue weighted by molar-refractivity contribution is -0.136. The first-order chi connectivity index (χ1) is 12.6. The molecule has 0 amide bonds. The van der Waals surface area contributed by atoms with Crippen LogP contribution in [0.3, 0.4) is 0 Å². The summed E-state index contributed by atoms with van der Waals surface area (Å²) in [6.45, 7) is 5.39. The summed E-state index contributed by atoms with van der Waals surface area (Å²) in [5, 5.41) is 0. The number of aryl methyl sites for hydroxylation is 1. The summed E-state index contributed by atoms with van der Waals surface area (Å²) >= 11 is 0. The second kappa shape index (κ2) is 8.33. The predicted octanol–water partition coefficient (Wildman–Crippen LogP) is 6.26. The van der Waals surface area contributed by atoms with E-state index < -0.39 is 30.1 Å². The van der Waals surface area contributed by atoms with Gasteiger partial charge in [0, 0.05) is 12.2 Å². The average molecular weight is 386 g/mol. The van der Waals surface area contributed by atoms with Crippen molar-refractivity contribution in [1.29, 1.82) is 0 Å². The second-order valence-corrected chi connectivity index (χ2v) is 5.94. The maximum absolute atomic E-state index is 13.1. The Morgan fingerprint density at radius 1 is 0.926 bits per heavy atom. The lowest BCUT2D eigenvalue weighted by Gasteiger charge is -2.27. The quantitative estimate of drug-likeness (QED) is 0.420. The van der Waals surface area contributed by atoms with Gasteiger partial charge in [-0.1, -0.05) is 36.4 Å². The zero-order valence-electron chi connectivity index (χ0n) is 14.1. The molecule has 144 valence electrons. The minimum atomic E-state index is -4.82. The zero-order chi connectivity index (χ0) is 20.1. The molecular formula is C19H16F6N2. The van der Waals surface area contributed by atoms with Gasteiger partial charge in [-0.15, -0.1) is 0 Å². The number of hydrogen-bond acceptors (Lipinski definition) is 1. The molecule has 0 bridgehead atoms. The maximum Gasteiger partial charge on any atom is 0.407 e. The molecule has 8 heteroatoms. The van der Waals surface area contributed by atoms with E-state index >= 15 is 0 Å². The number of hydrogen-bond donors (Lipinski definition) is 0. The predicted molar refractivity (Wildman–Crippen MR) is 90.7 cm³/mol. The van der Waals surface area contributed by atoms with Gasteiger partial charge in [0.1, 0.15) is 6.54 Å². The highest BCUT2D eigenvalue weighted by Crippen LogP contribution is 2.39. The van der Waals surface area contributed by atoms with Gasteiger partial charge in [0.2, 0.25) is 0 Å². The molecule has 0 N–H and O–H groups in total. The molecule has 0 aromatic heterocycles. The van der Waals surface area contributed by atoms with Crippen LogP contribution >= 0.6 is 0 Å². The summed E-state index contributed by atoms with van der Waals surface area (Å²) in [6, 6.07) is 11.7. The van der Waals surface area contributed by atoms with Crippen molar-refractivity contribution >= 4 is 11.4 Å². The summed E-state index contributed by atoms with van der Waals surface area (Å²) in [5.74, 6) is 0. The summed E-state index contributed by atoms with van der Waals surface area (Å²) in [5.41, 5.74) is -1.14. The van der Waals surface area contributed by atoms with Crippen LogP contribution in [0.4, 0.5) is 37.7 Å². The molecule has 2 aromatic carbocycles. The fraction of sp³-hybridized carbons (Fsp3) is 0.316. The molecule has 2 nitrogen and oxygen atoms in total. The lowest BCUT2D eigenvalue weighted by atomic mass is 10.1. The highest BCUT2D eigenvalue weighted by Gasteiger charge is 2.35. The first kappa shape index (κ1) is 20.6. The normalized spacial score (nSPS) is 11.9. The SMILES string of the molecule is [C-]#[N+]c1ccc(N(CCCc2ccccc2)CC(F)(F)F)cc1C(F)(F)F. The number of alkyl halides is 6. The van der Waals surface area contributed by atoms with Crippen LogP contribution in [0.5, 0.6) is 0 Å². The Labute approximate surface area is 152 Å². The van der Waals surface area contributed by atoms with Crippen LogP contribution in [-0.4, -0.2) is 19.3 Å². The lowest BCUT2D eigenvalue weighted by Crippen LogP contribution is -2.35. The van der Waals surface area contributed by atoms with E-state index in [0.717, 1.165) is 22.6 Å². The van der Waals surface area contributed by atoms with Crippen molar-refractivity contribution in [2.75, 3.05) is 18.0 Å². The van der Waals surface area contributed by atoms with Crippen LogP contribution in [0.15, 0.2) is 48.5 Å². The van der Waals surface area contributed by atoms with Gasteiger partial charge >= 0.3 is 12.4 Å². The Bertz CT molecular complexity index is 791. The number of rotatable bonds is 6. The van der Waals surface area contributed by atoms with Gasteiger partial charge in [-0.05, 0) is 30.5 Å². The van der Waals surface area contributed by atoms with E-state index in [2.05, 4.69) is 4.85 Å². The highest BCUT2D eigenvalue weighted by molar-refractivity contribution is 5.62. The number of anilines is 1. The van der Waals surface area contributed by atoms with E-state index in [0.29, 0.717) is 18.9 Å². The molecule has 0 aliphatic carbocycles. The molecule has 0 atom stereocenters. The zero-order valence-corrected chi connectivity index (χ0v) is 14.1. The van der Waals surface area contributed by atoms with Gasteiger partial charge in [0.15, 0.2) is 5.69 Å². The molecule has 0 aliphatic heterocycles. The number of benzene rings is 2. The fourth-order valence-electron chi connectivity index (χ4n) is 2.68.